The third kappa shape index (κ3) is 3.10. The highest BCUT2D eigenvalue weighted by Crippen LogP contribution is 2.32. The second kappa shape index (κ2) is 5.65. The van der Waals surface area contributed by atoms with E-state index in [1.807, 2.05) is 0 Å². The highest BCUT2D eigenvalue weighted by molar-refractivity contribution is 6.44. The molecule has 0 spiro atoms. The Morgan fingerprint density at radius 3 is 2.53 bits per heavy atom. The smallest absolute Gasteiger partial charge is 0.259 e. The van der Waals surface area contributed by atoms with Gasteiger partial charge in [-0.15, -0.1) is 0 Å². The number of nitrogen functional groups attached to an aromatic ring is 1. The first-order valence-corrected chi connectivity index (χ1v) is 6.28. The first-order chi connectivity index (χ1) is 8.99. The summed E-state index contributed by atoms with van der Waals surface area (Å²) < 4.78 is 0. The molecule has 0 saturated heterocycles. The van der Waals surface area contributed by atoms with Crippen molar-refractivity contribution in [2.75, 3.05) is 11.1 Å². The van der Waals surface area contributed by atoms with E-state index in [4.69, 9.17) is 40.5 Å². The molecule has 2 aromatic rings. The van der Waals surface area contributed by atoms with Crippen LogP contribution in [0.4, 0.5) is 11.4 Å². The lowest BCUT2D eigenvalue weighted by molar-refractivity contribution is 0.102. The number of carbonyl (C=O) groups is 1. The van der Waals surface area contributed by atoms with Gasteiger partial charge in [-0.2, -0.15) is 0 Å². The summed E-state index contributed by atoms with van der Waals surface area (Å²) in [5.74, 6) is -0.425. The Hall–Kier alpha value is -1.49. The van der Waals surface area contributed by atoms with Gasteiger partial charge in [-0.25, -0.2) is 0 Å². The molecule has 0 aliphatic rings. The van der Waals surface area contributed by atoms with Crippen LogP contribution in [0.3, 0.4) is 0 Å². The Morgan fingerprint density at radius 2 is 1.84 bits per heavy atom. The molecular weight excluding hydrogens is 309 g/mol. The largest absolute Gasteiger partial charge is 0.398 e. The number of carbonyl (C=O) groups excluding carboxylic acids is 1. The van der Waals surface area contributed by atoms with Crippen LogP contribution < -0.4 is 11.1 Å². The van der Waals surface area contributed by atoms with Crippen molar-refractivity contribution in [3.63, 3.8) is 0 Å². The van der Waals surface area contributed by atoms with E-state index in [1.165, 1.54) is 30.6 Å². The molecule has 0 atom stereocenters. The van der Waals surface area contributed by atoms with Crippen molar-refractivity contribution in [3.05, 3.63) is 51.2 Å². The molecule has 7 heteroatoms. The summed E-state index contributed by atoms with van der Waals surface area (Å²) in [6.45, 7) is 0. The predicted octanol–water partition coefficient (Wildman–Crippen LogP) is 3.88. The minimum Gasteiger partial charge on any atom is -0.398 e. The van der Waals surface area contributed by atoms with E-state index in [0.717, 1.165) is 0 Å². The van der Waals surface area contributed by atoms with Crippen LogP contribution in [0, 0.1) is 0 Å². The summed E-state index contributed by atoms with van der Waals surface area (Å²) in [5.41, 5.74) is 6.61. The van der Waals surface area contributed by atoms with Crippen LogP contribution in [0.5, 0.6) is 0 Å². The number of pyridine rings is 1. The molecule has 0 saturated carbocycles. The summed E-state index contributed by atoms with van der Waals surface area (Å²) in [5, 5.41) is 3.49. The number of rotatable bonds is 2. The number of nitrogens with zero attached hydrogens (tertiary/aromatic N) is 1. The Morgan fingerprint density at radius 1 is 1.16 bits per heavy atom. The molecule has 3 N–H and O–H groups in total. The highest BCUT2D eigenvalue weighted by atomic mass is 35.5. The molecule has 1 heterocycles. The molecule has 4 nitrogen and oxygen atoms in total. The van der Waals surface area contributed by atoms with Gasteiger partial charge in [-0.3, -0.25) is 9.78 Å². The lowest BCUT2D eigenvalue weighted by atomic mass is 10.2. The fourth-order valence-corrected chi connectivity index (χ4v) is 2.00. The van der Waals surface area contributed by atoms with E-state index in [0.29, 0.717) is 21.4 Å². The van der Waals surface area contributed by atoms with Gasteiger partial charge in [0, 0.05) is 18.1 Å². The van der Waals surface area contributed by atoms with Gasteiger partial charge in [-0.1, -0.05) is 34.8 Å². The lowest BCUT2D eigenvalue weighted by Crippen LogP contribution is -2.14. The molecular formula is C12H8Cl3N3O. The number of amides is 1. The monoisotopic (exact) mass is 315 g/mol. The normalized spacial score (nSPS) is 10.3. The number of nitrogens with two attached hydrogens (primary N) is 1. The summed E-state index contributed by atoms with van der Waals surface area (Å²) in [4.78, 5) is 15.9. The highest BCUT2D eigenvalue weighted by Gasteiger charge is 2.13. The lowest BCUT2D eigenvalue weighted by Gasteiger charge is -2.09. The molecule has 1 aromatic carbocycles. The van der Waals surface area contributed by atoms with E-state index in [-0.39, 0.29) is 10.6 Å². The Kier molecular flexibility index (Phi) is 4.14. The third-order valence-electron chi connectivity index (χ3n) is 2.36. The number of hydrogen-bond acceptors (Lipinski definition) is 3. The number of aromatic nitrogens is 1. The fraction of sp³-hybridized carbons (Fsp3) is 0. The van der Waals surface area contributed by atoms with Gasteiger partial charge < -0.3 is 11.1 Å². The van der Waals surface area contributed by atoms with Gasteiger partial charge in [0.05, 0.1) is 26.3 Å². The van der Waals surface area contributed by atoms with Crippen molar-refractivity contribution in [3.8, 4) is 0 Å². The second-order valence-electron chi connectivity index (χ2n) is 3.66. The van der Waals surface area contributed by atoms with Crippen molar-refractivity contribution in [2.24, 2.45) is 0 Å². The van der Waals surface area contributed by atoms with Gasteiger partial charge in [0.2, 0.25) is 0 Å². The summed E-state index contributed by atoms with van der Waals surface area (Å²) in [6, 6.07) is 4.45. The van der Waals surface area contributed by atoms with Gasteiger partial charge in [-0.05, 0) is 18.2 Å². The number of anilines is 2. The summed E-state index contributed by atoms with van der Waals surface area (Å²) in [6.07, 6.45) is 2.87. The summed E-state index contributed by atoms with van der Waals surface area (Å²) >= 11 is 17.6. The van der Waals surface area contributed by atoms with Crippen molar-refractivity contribution in [1.29, 1.82) is 0 Å². The zero-order valence-corrected chi connectivity index (χ0v) is 11.7. The minimum atomic E-state index is -0.425. The molecule has 0 fully saturated rings. The summed E-state index contributed by atoms with van der Waals surface area (Å²) in [7, 11) is 0. The zero-order valence-electron chi connectivity index (χ0n) is 9.45. The number of halogens is 3. The first kappa shape index (κ1) is 13.9. The van der Waals surface area contributed by atoms with Crippen molar-refractivity contribution in [2.45, 2.75) is 0 Å². The van der Waals surface area contributed by atoms with E-state index in [9.17, 15) is 4.79 Å². The van der Waals surface area contributed by atoms with E-state index >= 15 is 0 Å². The van der Waals surface area contributed by atoms with Gasteiger partial charge in [0.25, 0.3) is 5.91 Å². The molecule has 0 unspecified atom stereocenters. The first-order valence-electron chi connectivity index (χ1n) is 5.14. The zero-order chi connectivity index (χ0) is 14.0. The topological polar surface area (TPSA) is 68.0 Å². The molecule has 19 heavy (non-hydrogen) atoms. The van der Waals surface area contributed by atoms with Crippen LogP contribution in [0.2, 0.25) is 15.1 Å². The number of benzene rings is 1. The van der Waals surface area contributed by atoms with Crippen LogP contribution >= 0.6 is 34.8 Å². The van der Waals surface area contributed by atoms with Gasteiger partial charge in [0.15, 0.2) is 0 Å². The van der Waals surface area contributed by atoms with E-state index in [2.05, 4.69) is 10.3 Å². The predicted molar refractivity (Wildman–Crippen MR) is 78.1 cm³/mol. The number of hydrogen-bond donors (Lipinski definition) is 2. The van der Waals surface area contributed by atoms with Crippen molar-refractivity contribution < 1.29 is 4.79 Å². The fourth-order valence-electron chi connectivity index (χ4n) is 1.40. The molecule has 0 radical (unpaired) electrons. The maximum absolute atomic E-state index is 12.0. The Labute approximate surface area is 124 Å². The van der Waals surface area contributed by atoms with Gasteiger partial charge >= 0.3 is 0 Å². The van der Waals surface area contributed by atoms with Crippen LogP contribution in [-0.2, 0) is 0 Å². The minimum absolute atomic E-state index is 0.254. The molecule has 98 valence electrons. The molecule has 0 aliphatic heterocycles. The van der Waals surface area contributed by atoms with Crippen molar-refractivity contribution in [1.82, 2.24) is 4.98 Å². The standard InChI is InChI=1S/C12H8Cl3N3O/c13-7-3-9(15)11(4-8(7)14)18-12(19)6-5-17-2-1-10(6)16/h1-5H,(H2,16,17)(H,18,19). The number of nitrogens with one attached hydrogen (secondary N) is 1. The van der Waals surface area contributed by atoms with Crippen LogP contribution in [0.25, 0.3) is 0 Å². The van der Waals surface area contributed by atoms with Crippen LogP contribution in [0.15, 0.2) is 30.6 Å². The Balaban J connectivity index is 2.30. The van der Waals surface area contributed by atoms with E-state index < -0.39 is 5.91 Å². The molecule has 2 rings (SSSR count). The average molecular weight is 317 g/mol. The van der Waals surface area contributed by atoms with Gasteiger partial charge in [0.1, 0.15) is 0 Å². The quantitative estimate of drug-likeness (QED) is 0.826. The van der Waals surface area contributed by atoms with Crippen molar-refractivity contribution >= 4 is 52.1 Å². The van der Waals surface area contributed by atoms with E-state index in [1.54, 1.807) is 0 Å². The molecule has 1 amide bonds. The average Bonchev–Trinajstić information content (AvgIpc) is 2.36. The third-order valence-corrected chi connectivity index (χ3v) is 3.39. The molecule has 0 bridgehead atoms. The Bertz CT molecular complexity index is 646. The molecule has 1 aromatic heterocycles. The second-order valence-corrected chi connectivity index (χ2v) is 4.88. The molecule has 0 aliphatic carbocycles. The van der Waals surface area contributed by atoms with Crippen LogP contribution in [-0.4, -0.2) is 10.9 Å². The maximum atomic E-state index is 12.0. The van der Waals surface area contributed by atoms with Crippen LogP contribution in [0.1, 0.15) is 10.4 Å². The maximum Gasteiger partial charge on any atom is 0.259 e. The SMILES string of the molecule is Nc1ccncc1C(=O)Nc1cc(Cl)c(Cl)cc1Cl.